The van der Waals surface area contributed by atoms with Crippen molar-refractivity contribution in [2.24, 2.45) is 0 Å². The lowest BCUT2D eigenvalue weighted by Gasteiger charge is -2.32. The molecule has 0 radical (unpaired) electrons. The van der Waals surface area contributed by atoms with Gasteiger partial charge in [-0.25, -0.2) is 0 Å². The van der Waals surface area contributed by atoms with Crippen LogP contribution in [0.25, 0.3) is 0 Å². The summed E-state index contributed by atoms with van der Waals surface area (Å²) in [5.41, 5.74) is 0. The summed E-state index contributed by atoms with van der Waals surface area (Å²) in [6.45, 7) is 3.88. The number of hydrogen-bond donors (Lipinski definition) is 0. The van der Waals surface area contributed by atoms with Crippen molar-refractivity contribution in [1.29, 1.82) is 0 Å². The van der Waals surface area contributed by atoms with Gasteiger partial charge in [0.15, 0.2) is 12.1 Å². The normalized spacial score (nSPS) is 54.5. The van der Waals surface area contributed by atoms with Gasteiger partial charge in [-0.3, -0.25) is 0 Å². The highest BCUT2D eigenvalue weighted by Crippen LogP contribution is 2.48. The summed E-state index contributed by atoms with van der Waals surface area (Å²) >= 11 is 1.92. The molecular weight excluding hydrogens is 176 g/mol. The molecule has 0 aromatic carbocycles. The molecule has 0 unspecified atom stereocenters. The number of thioether (sulfide) groups is 1. The van der Waals surface area contributed by atoms with Gasteiger partial charge in [-0.15, -0.1) is 0 Å². The molecule has 0 aromatic heterocycles. The fraction of sp³-hybridized carbons (Fsp3) is 1.00. The standard InChI is InChI=1S/C8H12O3S/c1-8(2)10-5-6-4(3-12-6)9-7(5)11-8/h4-7H,3H2,1-2H3/t4-,5-,6+,7-/m0/s1. The van der Waals surface area contributed by atoms with Gasteiger partial charge < -0.3 is 14.2 Å². The first-order valence-corrected chi connectivity index (χ1v) is 5.33. The maximum absolute atomic E-state index is 5.74. The van der Waals surface area contributed by atoms with E-state index in [9.17, 15) is 0 Å². The van der Waals surface area contributed by atoms with E-state index in [4.69, 9.17) is 14.2 Å². The molecule has 4 atom stereocenters. The molecule has 0 amide bonds. The lowest BCUT2D eigenvalue weighted by molar-refractivity contribution is -0.202. The Kier molecular flexibility index (Phi) is 1.38. The highest BCUT2D eigenvalue weighted by molar-refractivity contribution is 8.01. The summed E-state index contributed by atoms with van der Waals surface area (Å²) in [6.07, 6.45) is 0.454. The fourth-order valence-electron chi connectivity index (χ4n) is 1.97. The highest BCUT2D eigenvalue weighted by Gasteiger charge is 2.58. The van der Waals surface area contributed by atoms with E-state index >= 15 is 0 Å². The quantitative estimate of drug-likeness (QED) is 0.566. The zero-order valence-electron chi connectivity index (χ0n) is 7.15. The first-order valence-electron chi connectivity index (χ1n) is 4.28. The number of hydrogen-bond acceptors (Lipinski definition) is 4. The summed E-state index contributed by atoms with van der Waals surface area (Å²) in [6, 6.07) is 0. The molecule has 3 aliphatic rings. The lowest BCUT2D eigenvalue weighted by atomic mass is 10.2. The van der Waals surface area contributed by atoms with Crippen LogP contribution in [0.2, 0.25) is 0 Å². The largest absolute Gasteiger partial charge is 0.344 e. The van der Waals surface area contributed by atoms with Crippen molar-refractivity contribution in [1.82, 2.24) is 0 Å². The molecule has 3 fully saturated rings. The van der Waals surface area contributed by atoms with E-state index in [1.807, 2.05) is 25.6 Å². The van der Waals surface area contributed by atoms with Crippen LogP contribution in [0.1, 0.15) is 13.8 Å². The zero-order valence-corrected chi connectivity index (χ0v) is 7.97. The molecule has 0 N–H and O–H groups in total. The third-order valence-electron chi connectivity index (χ3n) is 2.54. The Morgan fingerprint density at radius 1 is 1.33 bits per heavy atom. The summed E-state index contributed by atoms with van der Waals surface area (Å²) in [5, 5.41) is 0.525. The second-order valence-corrected chi connectivity index (χ2v) is 5.15. The summed E-state index contributed by atoms with van der Waals surface area (Å²) < 4.78 is 17.0. The summed E-state index contributed by atoms with van der Waals surface area (Å²) in [7, 11) is 0. The van der Waals surface area contributed by atoms with Crippen LogP contribution >= 0.6 is 11.8 Å². The van der Waals surface area contributed by atoms with E-state index in [1.165, 1.54) is 0 Å². The molecular formula is C8H12O3S. The first kappa shape index (κ1) is 7.62. The fourth-order valence-corrected chi connectivity index (χ4v) is 3.05. The van der Waals surface area contributed by atoms with Gasteiger partial charge in [0, 0.05) is 5.75 Å². The maximum Gasteiger partial charge on any atom is 0.188 e. The smallest absolute Gasteiger partial charge is 0.188 e. The molecule has 0 aromatic rings. The number of rotatable bonds is 0. The second-order valence-electron chi connectivity index (χ2n) is 3.94. The average molecular weight is 188 g/mol. The van der Waals surface area contributed by atoms with Gasteiger partial charge in [-0.1, -0.05) is 0 Å². The summed E-state index contributed by atoms with van der Waals surface area (Å²) in [5.74, 6) is 0.654. The topological polar surface area (TPSA) is 27.7 Å². The monoisotopic (exact) mass is 188 g/mol. The van der Waals surface area contributed by atoms with E-state index in [1.54, 1.807) is 0 Å². The molecule has 12 heavy (non-hydrogen) atoms. The third-order valence-corrected chi connectivity index (χ3v) is 4.02. The average Bonchev–Trinajstić information content (AvgIpc) is 2.26. The van der Waals surface area contributed by atoms with Gasteiger partial charge in [0.05, 0.1) is 11.4 Å². The second kappa shape index (κ2) is 2.18. The Bertz CT molecular complexity index is 218. The van der Waals surface area contributed by atoms with Crippen molar-refractivity contribution in [2.45, 2.75) is 43.4 Å². The van der Waals surface area contributed by atoms with Gasteiger partial charge in [-0.2, -0.15) is 11.8 Å². The minimum atomic E-state index is -0.448. The van der Waals surface area contributed by atoms with Crippen molar-refractivity contribution in [3.05, 3.63) is 0 Å². The van der Waals surface area contributed by atoms with E-state index in [0.717, 1.165) is 5.75 Å². The molecule has 0 bridgehead atoms. The Morgan fingerprint density at radius 3 is 2.83 bits per heavy atom. The third kappa shape index (κ3) is 0.894. The van der Waals surface area contributed by atoms with Crippen LogP contribution in [0.4, 0.5) is 0 Å². The Hall–Kier alpha value is 0.230. The van der Waals surface area contributed by atoms with Crippen LogP contribution in [0.3, 0.4) is 0 Å². The Balaban J connectivity index is 1.81. The summed E-state index contributed by atoms with van der Waals surface area (Å²) in [4.78, 5) is 0. The zero-order chi connectivity index (χ0) is 8.34. The molecule has 3 nitrogen and oxygen atoms in total. The Morgan fingerprint density at radius 2 is 2.17 bits per heavy atom. The lowest BCUT2D eigenvalue weighted by Crippen LogP contribution is -2.40. The SMILES string of the molecule is CC1(C)O[C@@H]2O[C@H]3CS[C@H]3[C@@H]2O1. The van der Waals surface area contributed by atoms with Crippen molar-refractivity contribution in [3.8, 4) is 0 Å². The van der Waals surface area contributed by atoms with E-state index in [0.29, 0.717) is 11.4 Å². The number of fused-ring (bicyclic) bond motifs is 3. The van der Waals surface area contributed by atoms with E-state index in [-0.39, 0.29) is 12.4 Å². The van der Waals surface area contributed by atoms with Crippen LogP contribution in [0.5, 0.6) is 0 Å². The van der Waals surface area contributed by atoms with Crippen LogP contribution in [-0.2, 0) is 14.2 Å². The molecule has 3 saturated heterocycles. The van der Waals surface area contributed by atoms with Crippen LogP contribution in [0.15, 0.2) is 0 Å². The maximum atomic E-state index is 5.74. The van der Waals surface area contributed by atoms with Gasteiger partial charge in [-0.05, 0) is 13.8 Å². The molecule has 3 heterocycles. The molecule has 0 spiro atoms. The van der Waals surface area contributed by atoms with E-state index < -0.39 is 5.79 Å². The van der Waals surface area contributed by atoms with Crippen LogP contribution < -0.4 is 0 Å². The molecule has 3 aliphatic heterocycles. The number of ether oxygens (including phenoxy) is 3. The first-order chi connectivity index (χ1) is 5.66. The molecule has 4 heteroatoms. The minimum Gasteiger partial charge on any atom is -0.344 e. The van der Waals surface area contributed by atoms with Gasteiger partial charge in [0.1, 0.15) is 6.10 Å². The van der Waals surface area contributed by atoms with Crippen molar-refractivity contribution < 1.29 is 14.2 Å². The molecule has 68 valence electrons. The van der Waals surface area contributed by atoms with Crippen molar-refractivity contribution >= 4 is 11.8 Å². The molecule has 3 rings (SSSR count). The van der Waals surface area contributed by atoms with E-state index in [2.05, 4.69) is 0 Å². The van der Waals surface area contributed by atoms with Gasteiger partial charge in [0.2, 0.25) is 0 Å². The minimum absolute atomic E-state index is 0.106. The van der Waals surface area contributed by atoms with Crippen LogP contribution in [0, 0.1) is 0 Å². The van der Waals surface area contributed by atoms with Crippen molar-refractivity contribution in [3.63, 3.8) is 0 Å². The van der Waals surface area contributed by atoms with Gasteiger partial charge >= 0.3 is 0 Å². The highest BCUT2D eigenvalue weighted by atomic mass is 32.2. The predicted octanol–water partition coefficient (Wildman–Crippen LogP) is 0.978. The van der Waals surface area contributed by atoms with Crippen LogP contribution in [-0.4, -0.2) is 35.3 Å². The van der Waals surface area contributed by atoms with Crippen molar-refractivity contribution in [2.75, 3.05) is 5.75 Å². The van der Waals surface area contributed by atoms with Gasteiger partial charge in [0.25, 0.3) is 0 Å². The Labute approximate surface area is 75.7 Å². The molecule has 0 aliphatic carbocycles. The predicted molar refractivity (Wildman–Crippen MR) is 44.9 cm³/mol. The molecule has 0 saturated carbocycles.